The van der Waals surface area contributed by atoms with Crippen LogP contribution in [0.1, 0.15) is 110 Å². The summed E-state index contributed by atoms with van der Waals surface area (Å²) in [5, 5.41) is 0.487. The Balaban J connectivity index is 2.17. The Morgan fingerprint density at radius 2 is 1.28 bits per heavy atom. The van der Waals surface area contributed by atoms with Crippen molar-refractivity contribution in [2.45, 2.75) is 116 Å². The maximum Gasteiger partial charge on any atom is 0.373 e. The highest BCUT2D eigenvalue weighted by molar-refractivity contribution is 6.01. The van der Waals surface area contributed by atoms with Crippen molar-refractivity contribution in [3.05, 3.63) is 0 Å². The number of hydroxylamine groups is 2. The normalized spacial score (nSPS) is 14.9. The topological polar surface area (TPSA) is 90.0 Å². The molecule has 1 heterocycles. The largest absolute Gasteiger partial charge is 0.450 e. The van der Waals surface area contributed by atoms with Gasteiger partial charge in [0.1, 0.15) is 0 Å². The van der Waals surface area contributed by atoms with Gasteiger partial charge < -0.3 is 9.57 Å². The van der Waals surface area contributed by atoms with Gasteiger partial charge >= 0.3 is 11.9 Å². The van der Waals surface area contributed by atoms with Crippen LogP contribution in [0.2, 0.25) is 0 Å². The highest BCUT2D eigenvalue weighted by Crippen LogP contribution is 2.17. The van der Waals surface area contributed by atoms with E-state index in [1.54, 1.807) is 0 Å². The first-order valence-corrected chi connectivity index (χ1v) is 11.2. The van der Waals surface area contributed by atoms with Gasteiger partial charge in [0, 0.05) is 19.8 Å². The molecule has 0 aromatic heterocycles. The molecular weight excluding hydrogens is 374 g/mol. The number of hydrogen-bond acceptors (Lipinski definition) is 6. The van der Waals surface area contributed by atoms with E-state index in [-0.39, 0.29) is 12.8 Å². The maximum atomic E-state index is 12.2. The minimum Gasteiger partial charge on any atom is -0.450 e. The third-order valence-corrected chi connectivity index (χ3v) is 5.08. The quantitative estimate of drug-likeness (QED) is 0.209. The molecule has 166 valence electrons. The Morgan fingerprint density at radius 3 is 1.72 bits per heavy atom. The summed E-state index contributed by atoms with van der Waals surface area (Å²) in [5.74, 6) is -2.55. The fraction of sp³-hybridized carbons (Fsp3) is 0.818. The SMILES string of the molecule is CCCCCCCCCCCCCCC(OC(C)=O)C(=O)ON1C(=O)CCC1=O. The third-order valence-electron chi connectivity index (χ3n) is 5.08. The number of rotatable bonds is 16. The number of hydrogen-bond donors (Lipinski definition) is 0. The first-order valence-electron chi connectivity index (χ1n) is 11.2. The number of amides is 2. The van der Waals surface area contributed by atoms with E-state index in [0.717, 1.165) is 19.3 Å². The van der Waals surface area contributed by atoms with Crippen molar-refractivity contribution in [3.8, 4) is 0 Å². The first kappa shape index (κ1) is 25.1. The molecule has 0 saturated carbocycles. The zero-order chi connectivity index (χ0) is 21.5. The molecule has 1 fully saturated rings. The van der Waals surface area contributed by atoms with Crippen molar-refractivity contribution in [1.29, 1.82) is 0 Å². The number of carbonyl (C=O) groups excluding carboxylic acids is 4. The van der Waals surface area contributed by atoms with Gasteiger partial charge in [0.05, 0.1) is 0 Å². The average Bonchev–Trinajstić information content (AvgIpc) is 2.99. The lowest BCUT2D eigenvalue weighted by Gasteiger charge is -2.18. The van der Waals surface area contributed by atoms with Crippen LogP contribution in [-0.4, -0.2) is 34.9 Å². The van der Waals surface area contributed by atoms with Crippen LogP contribution >= 0.6 is 0 Å². The number of nitrogens with zero attached hydrogens (tertiary/aromatic N) is 1. The molecule has 1 aliphatic rings. The van der Waals surface area contributed by atoms with Crippen LogP contribution in [0.4, 0.5) is 0 Å². The molecule has 1 aliphatic heterocycles. The van der Waals surface area contributed by atoms with Crippen LogP contribution in [0, 0.1) is 0 Å². The van der Waals surface area contributed by atoms with Gasteiger partial charge in [0.25, 0.3) is 11.8 Å². The van der Waals surface area contributed by atoms with Crippen molar-refractivity contribution < 1.29 is 28.8 Å². The van der Waals surface area contributed by atoms with Crippen LogP contribution in [-0.2, 0) is 28.8 Å². The molecule has 0 aliphatic carbocycles. The second-order valence-corrected chi connectivity index (χ2v) is 7.77. The van der Waals surface area contributed by atoms with Gasteiger partial charge in [-0.15, -0.1) is 5.06 Å². The van der Waals surface area contributed by atoms with Crippen LogP contribution < -0.4 is 0 Å². The summed E-state index contributed by atoms with van der Waals surface area (Å²) >= 11 is 0. The highest BCUT2D eigenvalue weighted by Gasteiger charge is 2.35. The van der Waals surface area contributed by atoms with Crippen LogP contribution in [0.25, 0.3) is 0 Å². The minimum absolute atomic E-state index is 0.0308. The predicted molar refractivity (Wildman–Crippen MR) is 108 cm³/mol. The number of imide groups is 1. The molecule has 1 atom stereocenters. The molecule has 0 aromatic carbocycles. The summed E-state index contributed by atoms with van der Waals surface area (Å²) in [5.41, 5.74) is 0. The molecule has 0 N–H and O–H groups in total. The van der Waals surface area contributed by atoms with E-state index >= 15 is 0 Å². The van der Waals surface area contributed by atoms with Crippen molar-refractivity contribution >= 4 is 23.8 Å². The summed E-state index contributed by atoms with van der Waals surface area (Å²) in [6, 6.07) is 0. The molecular formula is C22H37NO6. The minimum atomic E-state index is -1.09. The van der Waals surface area contributed by atoms with Gasteiger partial charge in [-0.1, -0.05) is 77.6 Å². The molecule has 0 aromatic rings. The summed E-state index contributed by atoms with van der Waals surface area (Å²) in [4.78, 5) is 51.5. The van der Waals surface area contributed by atoms with E-state index in [9.17, 15) is 19.2 Å². The predicted octanol–water partition coefficient (Wildman–Crippen LogP) is 4.62. The molecule has 2 amide bonds. The molecule has 29 heavy (non-hydrogen) atoms. The Kier molecular flexibility index (Phi) is 13.0. The Morgan fingerprint density at radius 1 is 0.828 bits per heavy atom. The smallest absolute Gasteiger partial charge is 0.373 e. The van der Waals surface area contributed by atoms with E-state index in [4.69, 9.17) is 9.57 Å². The molecule has 7 heteroatoms. The van der Waals surface area contributed by atoms with Crippen molar-refractivity contribution in [3.63, 3.8) is 0 Å². The highest BCUT2D eigenvalue weighted by atomic mass is 16.7. The number of esters is 1. The fourth-order valence-corrected chi connectivity index (χ4v) is 3.40. The molecule has 0 radical (unpaired) electrons. The van der Waals surface area contributed by atoms with Gasteiger partial charge in [-0.25, -0.2) is 4.79 Å². The summed E-state index contributed by atoms with van der Waals surface area (Å²) in [6.45, 7) is 3.45. The number of ether oxygens (including phenoxy) is 1. The Labute approximate surface area is 174 Å². The van der Waals surface area contributed by atoms with E-state index in [0.29, 0.717) is 17.9 Å². The lowest BCUT2D eigenvalue weighted by molar-refractivity contribution is -0.206. The lowest BCUT2D eigenvalue weighted by Crippen LogP contribution is -2.38. The Hall–Kier alpha value is -1.92. The molecule has 0 spiro atoms. The van der Waals surface area contributed by atoms with E-state index in [1.165, 1.54) is 58.3 Å². The first-order chi connectivity index (χ1) is 14.0. The molecule has 1 unspecified atom stereocenters. The molecule has 7 nitrogen and oxygen atoms in total. The fourth-order valence-electron chi connectivity index (χ4n) is 3.40. The van der Waals surface area contributed by atoms with Crippen LogP contribution in [0.15, 0.2) is 0 Å². The standard InChI is InChI=1S/C22H37NO6/c1-3-4-5-6-7-8-9-10-11-12-13-14-15-19(28-18(2)24)22(27)29-23-20(25)16-17-21(23)26/h19H,3-17H2,1-2H3. The average molecular weight is 412 g/mol. The van der Waals surface area contributed by atoms with Gasteiger partial charge in [-0.3, -0.25) is 14.4 Å². The van der Waals surface area contributed by atoms with Gasteiger partial charge in [0.15, 0.2) is 0 Å². The lowest BCUT2D eigenvalue weighted by atomic mass is 10.0. The number of carbonyl (C=O) groups is 4. The molecule has 1 rings (SSSR count). The molecule has 0 bridgehead atoms. The summed E-state index contributed by atoms with van der Waals surface area (Å²) < 4.78 is 5.03. The van der Waals surface area contributed by atoms with Crippen molar-refractivity contribution in [1.82, 2.24) is 5.06 Å². The maximum absolute atomic E-state index is 12.2. The number of unbranched alkanes of at least 4 members (excludes halogenated alkanes) is 11. The third kappa shape index (κ3) is 11.0. The van der Waals surface area contributed by atoms with Gasteiger partial charge in [-0.05, 0) is 12.8 Å². The van der Waals surface area contributed by atoms with E-state index in [1.807, 2.05) is 0 Å². The van der Waals surface area contributed by atoms with Crippen molar-refractivity contribution in [2.75, 3.05) is 0 Å². The Bertz CT molecular complexity index is 517. The second kappa shape index (κ2) is 15.0. The van der Waals surface area contributed by atoms with Gasteiger partial charge in [0.2, 0.25) is 6.10 Å². The summed E-state index contributed by atoms with van der Waals surface area (Å²) in [6.07, 6.45) is 13.6. The monoisotopic (exact) mass is 411 g/mol. The van der Waals surface area contributed by atoms with E-state index < -0.39 is 29.9 Å². The van der Waals surface area contributed by atoms with E-state index in [2.05, 4.69) is 6.92 Å². The zero-order valence-electron chi connectivity index (χ0n) is 18.1. The summed E-state index contributed by atoms with van der Waals surface area (Å²) in [7, 11) is 0. The molecule has 1 saturated heterocycles. The van der Waals surface area contributed by atoms with Crippen LogP contribution in [0.5, 0.6) is 0 Å². The zero-order valence-corrected chi connectivity index (χ0v) is 18.1. The van der Waals surface area contributed by atoms with Crippen molar-refractivity contribution in [2.24, 2.45) is 0 Å². The van der Waals surface area contributed by atoms with Gasteiger partial charge in [-0.2, -0.15) is 0 Å². The van der Waals surface area contributed by atoms with Crippen LogP contribution in [0.3, 0.4) is 0 Å². The second-order valence-electron chi connectivity index (χ2n) is 7.77.